The maximum atomic E-state index is 10.0. The van der Waals surface area contributed by atoms with E-state index < -0.39 is 0 Å². The van der Waals surface area contributed by atoms with Gasteiger partial charge in [-0.25, -0.2) is 0 Å². The fourth-order valence-corrected chi connectivity index (χ4v) is 0.294. The van der Waals surface area contributed by atoms with Crippen LogP contribution in [0.2, 0.25) is 0 Å². The third-order valence-corrected chi connectivity index (χ3v) is 0.412. The fraction of sp³-hybridized carbons (Fsp3) is 0.400. The van der Waals surface area contributed by atoms with E-state index in [4.69, 9.17) is 5.11 Å². The summed E-state index contributed by atoms with van der Waals surface area (Å²) in [6.45, 7) is 2.85. The summed E-state index contributed by atoms with van der Waals surface area (Å²) in [5.41, 5.74) is 0. The van der Waals surface area contributed by atoms with Gasteiger partial charge in [-0.05, 0) is 13.8 Å². The zero-order valence-electron chi connectivity index (χ0n) is 5.01. The van der Waals surface area contributed by atoms with Crippen LogP contribution in [0.3, 0.4) is 0 Å². The monoisotopic (exact) mass is 239 g/mol. The molecule has 43 valence electrons. The van der Waals surface area contributed by atoms with Crippen LogP contribution in [0.15, 0.2) is 11.8 Å². The third kappa shape index (κ3) is 9.64. The number of rotatable bonds is 1. The van der Waals surface area contributed by atoms with Crippen molar-refractivity contribution in [2.45, 2.75) is 13.8 Å². The zero-order chi connectivity index (χ0) is 5.86. The molecule has 2 nitrogen and oxygen atoms in total. The Morgan fingerprint density at radius 2 is 1.88 bits per heavy atom. The molecule has 0 aliphatic carbocycles. The Labute approximate surface area is 76.6 Å². The van der Waals surface area contributed by atoms with Crippen LogP contribution < -0.4 is 0 Å². The van der Waals surface area contributed by atoms with Crippen LogP contribution in [0.1, 0.15) is 13.8 Å². The number of carbonyl (C=O) groups excluding carboxylic acids is 1. The Morgan fingerprint density at radius 1 is 1.50 bits per heavy atom. The van der Waals surface area contributed by atoms with Crippen molar-refractivity contribution in [1.82, 2.24) is 0 Å². The molecule has 1 N–H and O–H groups in total. The maximum absolute atomic E-state index is 10.0. The van der Waals surface area contributed by atoms with Crippen LogP contribution in [0.4, 0.5) is 0 Å². The molecule has 0 rings (SSSR count). The summed E-state index contributed by atoms with van der Waals surface area (Å²) in [6.07, 6.45) is 1.17. The molecule has 0 aromatic heterocycles. The number of carbonyl (C=O) groups is 1. The topological polar surface area (TPSA) is 37.3 Å². The van der Waals surface area contributed by atoms with Gasteiger partial charge in [0, 0.05) is 41.7 Å². The molecule has 0 saturated heterocycles. The van der Waals surface area contributed by atoms with Crippen molar-refractivity contribution in [2.24, 2.45) is 0 Å². The average molecular weight is 239 g/mol. The number of ketones is 1. The minimum atomic E-state index is -0.125. The molecule has 0 amide bonds. The quantitative estimate of drug-likeness (QED) is 0.548. The van der Waals surface area contributed by atoms with Crippen LogP contribution >= 0.6 is 0 Å². The molecule has 0 aliphatic rings. The molecule has 3 heteroatoms. The number of allylic oxidation sites excluding steroid dienone is 2. The Bertz CT molecular complexity index is 103. The first-order valence-electron chi connectivity index (χ1n) is 2.01. The summed E-state index contributed by atoms with van der Waals surface area (Å²) >= 11 is 0. The van der Waals surface area contributed by atoms with Gasteiger partial charge >= 0.3 is 0 Å². The number of aliphatic hydroxyl groups excluding tert-OH is 1. The normalized spacial score (nSPS) is 10.0. The summed E-state index contributed by atoms with van der Waals surface area (Å²) < 4.78 is 0. The van der Waals surface area contributed by atoms with E-state index in [9.17, 15) is 4.79 Å². The van der Waals surface area contributed by atoms with E-state index >= 15 is 0 Å². The molecular formula is C5H8LaO2. The van der Waals surface area contributed by atoms with Crippen molar-refractivity contribution >= 4 is 5.78 Å². The SMILES string of the molecule is CC(=O)/C=C(/C)O.[La]. The standard InChI is InChI=1S/C5H8O2.La/c1-4(6)3-5(2)7;/h3,6H,1-2H3;/b4-3-;. The van der Waals surface area contributed by atoms with E-state index in [1.54, 1.807) is 0 Å². The van der Waals surface area contributed by atoms with Gasteiger partial charge in [0.25, 0.3) is 0 Å². The van der Waals surface area contributed by atoms with Crippen LogP contribution in [0.25, 0.3) is 0 Å². The van der Waals surface area contributed by atoms with Gasteiger partial charge < -0.3 is 5.11 Å². The van der Waals surface area contributed by atoms with E-state index in [1.165, 1.54) is 19.9 Å². The summed E-state index contributed by atoms with van der Waals surface area (Å²) in [4.78, 5) is 10.0. The molecule has 0 saturated carbocycles. The zero-order valence-corrected chi connectivity index (χ0v) is 8.64. The van der Waals surface area contributed by atoms with Crippen LogP contribution in [-0.4, -0.2) is 10.9 Å². The van der Waals surface area contributed by atoms with Crippen molar-refractivity contribution in [3.8, 4) is 0 Å². The van der Waals surface area contributed by atoms with Crippen molar-refractivity contribution in [1.29, 1.82) is 0 Å². The maximum Gasteiger partial charge on any atom is 0.155 e. The average Bonchev–Trinajstić information content (AvgIpc) is 1.27. The largest absolute Gasteiger partial charge is 0.512 e. The van der Waals surface area contributed by atoms with Crippen LogP contribution in [0, 0.1) is 35.6 Å². The van der Waals surface area contributed by atoms with Crippen molar-refractivity contribution in [3.63, 3.8) is 0 Å². The van der Waals surface area contributed by atoms with Gasteiger partial charge in [0.05, 0.1) is 5.76 Å². The van der Waals surface area contributed by atoms with Crippen molar-refractivity contribution in [3.05, 3.63) is 11.8 Å². The van der Waals surface area contributed by atoms with Gasteiger partial charge in [-0.2, -0.15) is 0 Å². The van der Waals surface area contributed by atoms with Crippen molar-refractivity contribution < 1.29 is 45.5 Å². The Morgan fingerprint density at radius 3 is 1.88 bits per heavy atom. The molecule has 0 aromatic rings. The molecular weight excluding hydrogens is 231 g/mol. The van der Waals surface area contributed by atoms with Gasteiger partial charge in [-0.3, -0.25) is 4.79 Å². The summed E-state index contributed by atoms with van der Waals surface area (Å²) in [5.74, 6) is -0.0625. The van der Waals surface area contributed by atoms with Gasteiger partial charge in [0.15, 0.2) is 5.78 Å². The molecule has 0 atom stereocenters. The van der Waals surface area contributed by atoms with Gasteiger partial charge in [-0.1, -0.05) is 0 Å². The van der Waals surface area contributed by atoms with Crippen LogP contribution in [-0.2, 0) is 4.79 Å². The Balaban J connectivity index is 0. The molecule has 1 radical (unpaired) electrons. The summed E-state index contributed by atoms with van der Waals surface area (Å²) in [7, 11) is 0. The third-order valence-electron chi connectivity index (χ3n) is 0.412. The van der Waals surface area contributed by atoms with E-state index in [0.717, 1.165) is 0 Å². The predicted octanol–water partition coefficient (Wildman–Crippen LogP) is 1.04. The first-order valence-corrected chi connectivity index (χ1v) is 2.01. The molecule has 0 spiro atoms. The molecule has 0 unspecified atom stereocenters. The first-order chi connectivity index (χ1) is 3.13. The summed E-state index contributed by atoms with van der Waals surface area (Å²) in [6, 6.07) is 0. The van der Waals surface area contributed by atoms with Crippen LogP contribution in [0.5, 0.6) is 0 Å². The second-order valence-corrected chi connectivity index (χ2v) is 1.40. The predicted molar refractivity (Wildman–Crippen MR) is 27.1 cm³/mol. The molecule has 0 aliphatic heterocycles. The van der Waals surface area contributed by atoms with E-state index in [1.807, 2.05) is 0 Å². The summed E-state index contributed by atoms with van der Waals surface area (Å²) in [5, 5.41) is 8.36. The Kier molecular flexibility index (Phi) is 7.78. The number of hydrogen-bond acceptors (Lipinski definition) is 2. The van der Waals surface area contributed by atoms with E-state index in [-0.39, 0.29) is 47.1 Å². The van der Waals surface area contributed by atoms with Gasteiger partial charge in [-0.15, -0.1) is 0 Å². The number of aliphatic hydroxyl groups is 1. The first kappa shape index (κ1) is 11.2. The van der Waals surface area contributed by atoms with Crippen molar-refractivity contribution in [2.75, 3.05) is 0 Å². The Hall–Kier alpha value is 0.405. The fourth-order valence-electron chi connectivity index (χ4n) is 0.294. The van der Waals surface area contributed by atoms with E-state index in [2.05, 4.69) is 0 Å². The molecule has 0 aromatic carbocycles. The van der Waals surface area contributed by atoms with Gasteiger partial charge in [0.1, 0.15) is 0 Å². The second-order valence-electron chi connectivity index (χ2n) is 1.40. The molecule has 0 heterocycles. The molecule has 8 heavy (non-hydrogen) atoms. The van der Waals surface area contributed by atoms with Gasteiger partial charge in [0.2, 0.25) is 0 Å². The minimum Gasteiger partial charge on any atom is -0.512 e. The minimum absolute atomic E-state index is 0. The smallest absolute Gasteiger partial charge is 0.155 e. The molecule has 0 bridgehead atoms. The molecule has 0 fully saturated rings. The number of hydrogen-bond donors (Lipinski definition) is 1. The van der Waals surface area contributed by atoms with E-state index in [0.29, 0.717) is 0 Å². The second kappa shape index (κ2) is 5.54.